The Hall–Kier alpha value is -3.01. The minimum absolute atomic E-state index is 0.0104. The van der Waals surface area contributed by atoms with Gasteiger partial charge in [0.05, 0.1) is 21.2 Å². The topological polar surface area (TPSA) is 76.3 Å². The molecule has 140 valence electrons. The van der Waals surface area contributed by atoms with Gasteiger partial charge in [0.25, 0.3) is 5.69 Å². The first-order valence-corrected chi connectivity index (χ1v) is 8.28. The Labute approximate surface area is 153 Å². The molecule has 1 aromatic carbocycles. The Morgan fingerprint density at radius 2 is 1.85 bits per heavy atom. The number of aromatic nitrogens is 1. The predicted molar refractivity (Wildman–Crippen MR) is 91.2 cm³/mol. The van der Waals surface area contributed by atoms with Crippen LogP contribution in [0.25, 0.3) is 21.8 Å². The van der Waals surface area contributed by atoms with Crippen molar-refractivity contribution < 1.29 is 27.6 Å². The first-order chi connectivity index (χ1) is 12.7. The quantitative estimate of drug-likeness (QED) is 0.352. The highest BCUT2D eigenvalue weighted by atomic mass is 32.1. The molecular formula is C17H10F4N2O3S. The molecule has 0 bridgehead atoms. The van der Waals surface area contributed by atoms with Crippen LogP contribution in [0.3, 0.4) is 0 Å². The second-order valence-corrected chi connectivity index (χ2v) is 6.43. The number of thiophene rings is 1. The maximum atomic E-state index is 14.0. The summed E-state index contributed by atoms with van der Waals surface area (Å²) in [6.07, 6.45) is -3.96. The van der Waals surface area contributed by atoms with Gasteiger partial charge in [0.2, 0.25) is 0 Å². The van der Waals surface area contributed by atoms with Crippen molar-refractivity contribution in [2.45, 2.75) is 12.3 Å². The number of alkyl halides is 4. The zero-order valence-electron chi connectivity index (χ0n) is 13.3. The first kappa shape index (κ1) is 18.8. The van der Waals surface area contributed by atoms with Crippen LogP contribution in [-0.2, 0) is 5.92 Å². The van der Waals surface area contributed by atoms with Crippen LogP contribution in [0.2, 0.25) is 0 Å². The zero-order chi connectivity index (χ0) is 19.8. The molecule has 2 heterocycles. The number of phenolic OH excluding ortho intramolecular Hbond substituents is 1. The minimum Gasteiger partial charge on any atom is -0.507 e. The fourth-order valence-electron chi connectivity index (χ4n) is 2.38. The summed E-state index contributed by atoms with van der Waals surface area (Å²) in [6, 6.07) is 7.71. The van der Waals surface area contributed by atoms with E-state index in [9.17, 15) is 32.8 Å². The molecule has 0 radical (unpaired) electrons. The lowest BCUT2D eigenvalue weighted by Crippen LogP contribution is -2.23. The maximum Gasteiger partial charge on any atom is 0.332 e. The van der Waals surface area contributed by atoms with Crippen LogP contribution in [0.5, 0.6) is 5.75 Å². The van der Waals surface area contributed by atoms with Gasteiger partial charge >= 0.3 is 12.3 Å². The molecule has 5 nitrogen and oxygen atoms in total. The number of nitro groups is 1. The fraction of sp³-hybridized carbons (Fsp3) is 0.118. The number of halogens is 4. The van der Waals surface area contributed by atoms with Gasteiger partial charge in [-0.05, 0) is 29.6 Å². The van der Waals surface area contributed by atoms with Gasteiger partial charge in [0, 0.05) is 23.3 Å². The lowest BCUT2D eigenvalue weighted by Gasteiger charge is -2.17. The summed E-state index contributed by atoms with van der Waals surface area (Å²) in [5, 5.41) is 22.6. The van der Waals surface area contributed by atoms with Gasteiger partial charge < -0.3 is 5.11 Å². The molecule has 0 saturated carbocycles. The number of non-ortho nitro benzene ring substituents is 1. The monoisotopic (exact) mass is 398 g/mol. The SMILES string of the molecule is O=[N+]([O-])c1ccc(O)c(-c2cc(C(F)(F)C(F)F)cc(-c3cccs3)n2)c1. The van der Waals surface area contributed by atoms with Gasteiger partial charge in [0.1, 0.15) is 5.75 Å². The number of aromatic hydroxyl groups is 1. The second kappa shape index (κ2) is 6.95. The van der Waals surface area contributed by atoms with E-state index in [-0.39, 0.29) is 17.0 Å². The molecule has 0 atom stereocenters. The Morgan fingerprint density at radius 1 is 1.15 bits per heavy atom. The van der Waals surface area contributed by atoms with Crippen molar-refractivity contribution in [3.05, 3.63) is 63.5 Å². The van der Waals surface area contributed by atoms with Gasteiger partial charge in [0.15, 0.2) is 0 Å². The van der Waals surface area contributed by atoms with E-state index in [1.54, 1.807) is 17.5 Å². The largest absolute Gasteiger partial charge is 0.507 e. The molecule has 0 aliphatic rings. The van der Waals surface area contributed by atoms with Crippen LogP contribution in [0, 0.1) is 10.1 Å². The van der Waals surface area contributed by atoms with Crippen molar-refractivity contribution in [3.63, 3.8) is 0 Å². The van der Waals surface area contributed by atoms with E-state index in [1.165, 1.54) is 0 Å². The highest BCUT2D eigenvalue weighted by molar-refractivity contribution is 7.13. The summed E-state index contributed by atoms with van der Waals surface area (Å²) in [7, 11) is 0. The van der Waals surface area contributed by atoms with Crippen LogP contribution < -0.4 is 0 Å². The number of hydrogen-bond donors (Lipinski definition) is 1. The molecule has 2 aromatic heterocycles. The van der Waals surface area contributed by atoms with Crippen molar-refractivity contribution in [1.29, 1.82) is 0 Å². The van der Waals surface area contributed by atoms with E-state index in [4.69, 9.17) is 0 Å². The summed E-state index contributed by atoms with van der Waals surface area (Å²) >= 11 is 1.15. The highest BCUT2D eigenvalue weighted by Crippen LogP contribution is 2.40. The second-order valence-electron chi connectivity index (χ2n) is 5.49. The van der Waals surface area contributed by atoms with Crippen LogP contribution in [0.4, 0.5) is 23.2 Å². The number of phenols is 1. The van der Waals surface area contributed by atoms with Crippen molar-refractivity contribution in [1.82, 2.24) is 4.98 Å². The molecule has 0 fully saturated rings. The molecule has 0 spiro atoms. The van der Waals surface area contributed by atoms with Gasteiger partial charge in [-0.25, -0.2) is 13.8 Å². The van der Waals surface area contributed by atoms with Crippen molar-refractivity contribution >= 4 is 17.0 Å². The zero-order valence-corrected chi connectivity index (χ0v) is 14.1. The first-order valence-electron chi connectivity index (χ1n) is 7.40. The number of nitro benzene ring substituents is 1. The standard InChI is InChI=1S/C17H10F4N2O3S/c18-16(19)17(20,21)9-6-12(22-13(7-9)15-2-1-5-27-15)11-8-10(23(25)26)3-4-14(11)24/h1-8,16,24H. The van der Waals surface area contributed by atoms with Crippen molar-refractivity contribution in [2.24, 2.45) is 0 Å². The number of rotatable bonds is 5. The molecule has 0 amide bonds. The highest BCUT2D eigenvalue weighted by Gasteiger charge is 2.43. The molecule has 3 aromatic rings. The number of pyridine rings is 1. The normalized spacial score (nSPS) is 11.7. The molecule has 0 aliphatic heterocycles. The van der Waals surface area contributed by atoms with Gasteiger partial charge in [-0.1, -0.05) is 6.07 Å². The van der Waals surface area contributed by atoms with Crippen LogP contribution in [0.15, 0.2) is 47.8 Å². The van der Waals surface area contributed by atoms with E-state index in [2.05, 4.69) is 4.98 Å². The lowest BCUT2D eigenvalue weighted by molar-refractivity contribution is -0.384. The number of nitrogens with zero attached hydrogens (tertiary/aromatic N) is 2. The molecular weight excluding hydrogens is 388 g/mol. The van der Waals surface area contributed by atoms with E-state index in [0.29, 0.717) is 10.9 Å². The molecule has 3 rings (SSSR count). The average Bonchev–Trinajstić information content (AvgIpc) is 3.16. The summed E-state index contributed by atoms with van der Waals surface area (Å²) < 4.78 is 53.6. The van der Waals surface area contributed by atoms with Crippen molar-refractivity contribution in [3.8, 4) is 27.6 Å². The molecule has 1 N–H and O–H groups in total. The van der Waals surface area contributed by atoms with Crippen molar-refractivity contribution in [2.75, 3.05) is 0 Å². The Morgan fingerprint density at radius 3 is 2.44 bits per heavy atom. The summed E-state index contributed by atoms with van der Waals surface area (Å²) in [5.74, 6) is -4.91. The van der Waals surface area contributed by atoms with E-state index in [0.717, 1.165) is 35.6 Å². The molecule has 0 aliphatic carbocycles. The van der Waals surface area contributed by atoms with Gasteiger partial charge in [-0.3, -0.25) is 10.1 Å². The van der Waals surface area contributed by atoms with Gasteiger partial charge in [-0.15, -0.1) is 11.3 Å². The number of benzene rings is 1. The summed E-state index contributed by atoms with van der Waals surface area (Å²) in [6.45, 7) is 0. The van der Waals surface area contributed by atoms with Gasteiger partial charge in [-0.2, -0.15) is 8.78 Å². The summed E-state index contributed by atoms with van der Waals surface area (Å²) in [5.41, 5.74) is -1.92. The number of hydrogen-bond acceptors (Lipinski definition) is 5. The maximum absolute atomic E-state index is 14.0. The Bertz CT molecular complexity index is 994. The fourth-order valence-corrected chi connectivity index (χ4v) is 3.07. The third kappa shape index (κ3) is 3.61. The Balaban J connectivity index is 2.26. The van der Waals surface area contributed by atoms with Crippen LogP contribution >= 0.6 is 11.3 Å². The molecule has 0 saturated heterocycles. The predicted octanol–water partition coefficient (Wildman–Crippen LogP) is 5.45. The van der Waals surface area contributed by atoms with E-state index >= 15 is 0 Å². The van der Waals surface area contributed by atoms with Crippen LogP contribution in [-0.4, -0.2) is 21.4 Å². The van der Waals surface area contributed by atoms with Crippen LogP contribution in [0.1, 0.15) is 5.56 Å². The average molecular weight is 398 g/mol. The molecule has 27 heavy (non-hydrogen) atoms. The van der Waals surface area contributed by atoms with E-state index in [1.807, 2.05) is 0 Å². The van der Waals surface area contributed by atoms with E-state index < -0.39 is 34.3 Å². The molecule has 10 heteroatoms. The third-order valence-corrected chi connectivity index (χ3v) is 4.62. The molecule has 0 unspecified atom stereocenters. The third-order valence-electron chi connectivity index (χ3n) is 3.72. The lowest BCUT2D eigenvalue weighted by atomic mass is 10.0. The Kier molecular flexibility index (Phi) is 4.83. The minimum atomic E-state index is -4.46. The summed E-state index contributed by atoms with van der Waals surface area (Å²) in [4.78, 5) is 14.8. The smallest absolute Gasteiger partial charge is 0.332 e.